The number of anilines is 2. The summed E-state index contributed by atoms with van der Waals surface area (Å²) in [5.74, 6) is -2.43. The largest absolute Gasteiger partial charge is 0.416 e. The number of carbonyl (C=O) groups excluding carboxylic acids is 3. The number of nitrogens with zero attached hydrogens (tertiary/aromatic N) is 1. The van der Waals surface area contributed by atoms with Crippen LogP contribution >= 0.6 is 0 Å². The van der Waals surface area contributed by atoms with E-state index in [1.807, 2.05) is 0 Å². The van der Waals surface area contributed by atoms with Crippen molar-refractivity contribution in [3.63, 3.8) is 0 Å². The summed E-state index contributed by atoms with van der Waals surface area (Å²) >= 11 is 0. The molecule has 2 atom stereocenters. The highest BCUT2D eigenvalue weighted by Crippen LogP contribution is 2.46. The average Bonchev–Trinajstić information content (AvgIpc) is 3.06. The zero-order valence-corrected chi connectivity index (χ0v) is 17.6. The second kappa shape index (κ2) is 9.45. The number of fused-ring (bicyclic) bond motifs is 1. The Morgan fingerprint density at radius 1 is 1.06 bits per heavy atom. The van der Waals surface area contributed by atoms with E-state index in [1.54, 1.807) is 0 Å². The van der Waals surface area contributed by atoms with Gasteiger partial charge in [-0.1, -0.05) is 12.1 Å². The number of benzene rings is 2. The molecule has 0 spiro atoms. The van der Waals surface area contributed by atoms with Crippen LogP contribution in [0.2, 0.25) is 0 Å². The van der Waals surface area contributed by atoms with Crippen LogP contribution < -0.4 is 15.8 Å². The molecule has 0 aromatic heterocycles. The highest BCUT2D eigenvalue weighted by Gasteiger charge is 2.44. The molecule has 2 aromatic rings. The normalized spacial score (nSPS) is 16.9. The monoisotopic (exact) mass is 487 g/mol. The van der Waals surface area contributed by atoms with Crippen molar-refractivity contribution in [1.29, 1.82) is 0 Å². The zero-order valence-electron chi connectivity index (χ0n) is 17.6. The SMILES string of the molecule is CC(NNC(=O)CCC=O)C1C(=O)N(c2cccc(C(F)(F)F)c2)c2cc(C(F)(F)F)ccc21. The standard InChI is InChI=1S/C22H19F6N3O3/c1-12(29-30-18(33)6-3-9-32)19-16-8-7-14(22(26,27)28)11-17(16)31(20(19)34)15-5-2-4-13(10-15)21(23,24)25/h2,4-5,7-12,19,29H,3,6H2,1H3,(H,30,33). The Bertz CT molecular complexity index is 1100. The molecule has 0 saturated carbocycles. The highest BCUT2D eigenvalue weighted by molar-refractivity contribution is 6.10. The van der Waals surface area contributed by atoms with Crippen LogP contribution in [-0.2, 0) is 26.7 Å². The molecule has 2 unspecified atom stereocenters. The lowest BCUT2D eigenvalue weighted by Gasteiger charge is -2.22. The Morgan fingerprint density at radius 3 is 2.32 bits per heavy atom. The Balaban J connectivity index is 2.01. The molecule has 0 fully saturated rings. The third kappa shape index (κ3) is 5.22. The van der Waals surface area contributed by atoms with E-state index in [0.29, 0.717) is 18.4 Å². The molecule has 182 valence electrons. The number of nitrogens with one attached hydrogen (secondary N) is 2. The average molecular weight is 487 g/mol. The molecule has 0 radical (unpaired) electrons. The van der Waals surface area contributed by atoms with Crippen LogP contribution in [-0.4, -0.2) is 24.1 Å². The van der Waals surface area contributed by atoms with Gasteiger partial charge in [0.25, 0.3) is 0 Å². The summed E-state index contributed by atoms with van der Waals surface area (Å²) < 4.78 is 79.6. The van der Waals surface area contributed by atoms with Gasteiger partial charge in [-0.25, -0.2) is 5.43 Å². The first-order valence-corrected chi connectivity index (χ1v) is 10.0. The molecule has 0 aliphatic carbocycles. The summed E-state index contributed by atoms with van der Waals surface area (Å²) in [4.78, 5) is 36.3. The van der Waals surface area contributed by atoms with Crippen LogP contribution in [0, 0.1) is 0 Å². The summed E-state index contributed by atoms with van der Waals surface area (Å²) in [5, 5.41) is 0. The minimum Gasteiger partial charge on any atom is -0.303 e. The van der Waals surface area contributed by atoms with Crippen molar-refractivity contribution in [2.45, 2.75) is 44.1 Å². The second-order valence-corrected chi connectivity index (χ2v) is 7.66. The maximum Gasteiger partial charge on any atom is 0.416 e. The fraction of sp³-hybridized carbons (Fsp3) is 0.318. The van der Waals surface area contributed by atoms with Gasteiger partial charge < -0.3 is 4.79 Å². The number of hydrazine groups is 1. The summed E-state index contributed by atoms with van der Waals surface area (Å²) in [6.07, 6.45) is -9.08. The number of halogens is 6. The molecule has 2 amide bonds. The van der Waals surface area contributed by atoms with Crippen LogP contribution in [0.3, 0.4) is 0 Å². The quantitative estimate of drug-likeness (QED) is 0.343. The molecule has 0 bridgehead atoms. The molecular weight excluding hydrogens is 468 g/mol. The lowest BCUT2D eigenvalue weighted by Crippen LogP contribution is -2.47. The van der Waals surface area contributed by atoms with E-state index in [1.165, 1.54) is 13.0 Å². The predicted octanol–water partition coefficient (Wildman–Crippen LogP) is 4.47. The zero-order chi connectivity index (χ0) is 25.3. The van der Waals surface area contributed by atoms with Gasteiger partial charge in [0, 0.05) is 24.6 Å². The topological polar surface area (TPSA) is 78.5 Å². The molecule has 12 heteroatoms. The van der Waals surface area contributed by atoms with Crippen molar-refractivity contribution in [3.8, 4) is 0 Å². The Morgan fingerprint density at radius 2 is 1.71 bits per heavy atom. The molecule has 34 heavy (non-hydrogen) atoms. The van der Waals surface area contributed by atoms with Crippen molar-refractivity contribution in [2.24, 2.45) is 0 Å². The number of carbonyl (C=O) groups is 3. The summed E-state index contributed by atoms with van der Waals surface area (Å²) in [7, 11) is 0. The molecule has 1 aliphatic heterocycles. The highest BCUT2D eigenvalue weighted by atomic mass is 19.4. The van der Waals surface area contributed by atoms with Gasteiger partial charge in [0.1, 0.15) is 6.29 Å². The van der Waals surface area contributed by atoms with Crippen molar-refractivity contribution in [2.75, 3.05) is 4.90 Å². The van der Waals surface area contributed by atoms with Crippen LogP contribution in [0.1, 0.15) is 42.4 Å². The molecule has 0 saturated heterocycles. The molecule has 3 rings (SSSR count). The van der Waals surface area contributed by atoms with Crippen LogP contribution in [0.4, 0.5) is 37.7 Å². The number of rotatable bonds is 7. The van der Waals surface area contributed by atoms with Crippen molar-refractivity contribution < 1.29 is 40.7 Å². The molecule has 2 N–H and O–H groups in total. The van der Waals surface area contributed by atoms with Gasteiger partial charge in [0.15, 0.2) is 0 Å². The smallest absolute Gasteiger partial charge is 0.303 e. The van der Waals surface area contributed by atoms with Gasteiger partial charge in [-0.15, -0.1) is 0 Å². The van der Waals surface area contributed by atoms with Crippen molar-refractivity contribution in [3.05, 3.63) is 59.2 Å². The lowest BCUT2D eigenvalue weighted by molar-refractivity contribution is -0.138. The maximum absolute atomic E-state index is 13.3. The van der Waals surface area contributed by atoms with Crippen molar-refractivity contribution in [1.82, 2.24) is 10.9 Å². The Hall–Kier alpha value is -3.41. The first kappa shape index (κ1) is 25.2. The summed E-state index contributed by atoms with van der Waals surface area (Å²) in [6.45, 7) is 1.49. The Kier molecular flexibility index (Phi) is 7.01. The fourth-order valence-electron chi connectivity index (χ4n) is 3.67. The molecule has 6 nitrogen and oxygen atoms in total. The number of amides is 2. The van der Waals surface area contributed by atoms with E-state index in [4.69, 9.17) is 0 Å². The van der Waals surface area contributed by atoms with E-state index < -0.39 is 47.3 Å². The van der Waals surface area contributed by atoms with E-state index >= 15 is 0 Å². The third-order valence-corrected chi connectivity index (χ3v) is 5.28. The second-order valence-electron chi connectivity index (χ2n) is 7.66. The van der Waals surface area contributed by atoms with Crippen LogP contribution in [0.25, 0.3) is 0 Å². The Labute approximate surface area is 189 Å². The molecule has 1 aliphatic rings. The first-order chi connectivity index (χ1) is 15.8. The first-order valence-electron chi connectivity index (χ1n) is 10.0. The number of alkyl halides is 6. The van der Waals surface area contributed by atoms with Gasteiger partial charge in [-0.3, -0.25) is 19.9 Å². The third-order valence-electron chi connectivity index (χ3n) is 5.28. The number of hydrogen-bond donors (Lipinski definition) is 2. The van der Waals surface area contributed by atoms with Gasteiger partial charge in [-0.05, 0) is 42.8 Å². The van der Waals surface area contributed by atoms with Gasteiger partial charge >= 0.3 is 12.4 Å². The molecular formula is C22H19F6N3O3. The molecule has 2 aromatic carbocycles. The predicted molar refractivity (Wildman–Crippen MR) is 109 cm³/mol. The van der Waals surface area contributed by atoms with Crippen molar-refractivity contribution >= 4 is 29.5 Å². The van der Waals surface area contributed by atoms with Gasteiger partial charge in [0.05, 0.1) is 22.7 Å². The fourth-order valence-corrected chi connectivity index (χ4v) is 3.67. The summed E-state index contributed by atoms with van der Waals surface area (Å²) in [6, 6.07) is 5.46. The van der Waals surface area contributed by atoms with E-state index in [9.17, 15) is 40.7 Å². The summed E-state index contributed by atoms with van der Waals surface area (Å²) in [5.41, 5.74) is 2.47. The lowest BCUT2D eigenvalue weighted by atomic mass is 9.93. The molecule has 1 heterocycles. The van der Waals surface area contributed by atoms with E-state index in [2.05, 4.69) is 10.9 Å². The van der Waals surface area contributed by atoms with Gasteiger partial charge in [0.2, 0.25) is 11.8 Å². The minimum absolute atomic E-state index is 0.0311. The minimum atomic E-state index is -4.74. The maximum atomic E-state index is 13.3. The van der Waals surface area contributed by atoms with Crippen LogP contribution in [0.5, 0.6) is 0 Å². The van der Waals surface area contributed by atoms with Gasteiger partial charge in [-0.2, -0.15) is 26.3 Å². The number of hydrogen-bond acceptors (Lipinski definition) is 4. The van der Waals surface area contributed by atoms with E-state index in [0.717, 1.165) is 29.2 Å². The van der Waals surface area contributed by atoms with Crippen LogP contribution in [0.15, 0.2) is 42.5 Å². The van der Waals surface area contributed by atoms with E-state index in [-0.39, 0.29) is 29.8 Å². The number of aldehydes is 1.